The van der Waals surface area contributed by atoms with Gasteiger partial charge in [-0.3, -0.25) is 10.1 Å². The van der Waals surface area contributed by atoms with Crippen molar-refractivity contribution in [3.63, 3.8) is 0 Å². The van der Waals surface area contributed by atoms with Crippen LogP contribution in [0.4, 0.5) is 0 Å². The van der Waals surface area contributed by atoms with Gasteiger partial charge in [0.15, 0.2) is 0 Å². The van der Waals surface area contributed by atoms with Crippen molar-refractivity contribution in [1.82, 2.24) is 10.2 Å². The first-order valence-electron chi connectivity index (χ1n) is 7.07. The number of carbonyl (C=O) groups is 1. The molecule has 1 heterocycles. The first kappa shape index (κ1) is 12.9. The van der Waals surface area contributed by atoms with Crippen LogP contribution in [-0.2, 0) is 4.79 Å². The predicted octanol–water partition coefficient (Wildman–Crippen LogP) is 2.51. The van der Waals surface area contributed by atoms with Gasteiger partial charge in [0.25, 0.3) is 0 Å². The lowest BCUT2D eigenvalue weighted by molar-refractivity contribution is -0.135. The zero-order chi connectivity index (χ0) is 12.6. The standard InChI is InChI=1S/C14H26N2O/c1-5-6-7-12-13(17)16(10(2)15-12)14(3,4)11-8-9-11/h10-12,15H,5-9H2,1-4H3. The minimum Gasteiger partial charge on any atom is -0.321 e. The van der Waals surface area contributed by atoms with Crippen LogP contribution in [0.25, 0.3) is 0 Å². The molecule has 2 unspecified atom stereocenters. The molecule has 1 saturated heterocycles. The van der Waals surface area contributed by atoms with E-state index in [4.69, 9.17) is 0 Å². The topological polar surface area (TPSA) is 32.3 Å². The summed E-state index contributed by atoms with van der Waals surface area (Å²) in [7, 11) is 0. The van der Waals surface area contributed by atoms with Crippen molar-refractivity contribution in [1.29, 1.82) is 0 Å². The summed E-state index contributed by atoms with van der Waals surface area (Å²) >= 11 is 0. The molecule has 2 atom stereocenters. The number of amides is 1. The van der Waals surface area contributed by atoms with Crippen LogP contribution in [0.1, 0.15) is 59.8 Å². The van der Waals surface area contributed by atoms with E-state index in [-0.39, 0.29) is 17.7 Å². The Bertz CT molecular complexity index is 297. The maximum absolute atomic E-state index is 12.5. The average Bonchev–Trinajstić information content (AvgIpc) is 3.04. The van der Waals surface area contributed by atoms with Gasteiger partial charge in [0.05, 0.1) is 12.2 Å². The molecule has 0 spiro atoms. The molecule has 1 amide bonds. The molecule has 0 aromatic rings. The lowest BCUT2D eigenvalue weighted by Crippen LogP contribution is -2.51. The second kappa shape index (κ2) is 4.60. The summed E-state index contributed by atoms with van der Waals surface area (Å²) in [6, 6.07) is 0.0583. The van der Waals surface area contributed by atoms with E-state index in [1.807, 2.05) is 0 Å². The Balaban J connectivity index is 2.05. The van der Waals surface area contributed by atoms with Gasteiger partial charge in [-0.25, -0.2) is 0 Å². The summed E-state index contributed by atoms with van der Waals surface area (Å²) in [6.45, 7) is 8.74. The maximum Gasteiger partial charge on any atom is 0.241 e. The number of nitrogens with zero attached hydrogens (tertiary/aromatic N) is 1. The molecule has 98 valence electrons. The van der Waals surface area contributed by atoms with Gasteiger partial charge in [0.2, 0.25) is 5.91 Å². The van der Waals surface area contributed by atoms with Gasteiger partial charge in [0.1, 0.15) is 0 Å². The van der Waals surface area contributed by atoms with Gasteiger partial charge in [-0.15, -0.1) is 0 Å². The zero-order valence-electron chi connectivity index (χ0n) is 11.6. The van der Waals surface area contributed by atoms with E-state index >= 15 is 0 Å². The van der Waals surface area contributed by atoms with Gasteiger partial charge in [0, 0.05) is 5.54 Å². The molecule has 17 heavy (non-hydrogen) atoms. The lowest BCUT2D eigenvalue weighted by atomic mass is 9.95. The molecule has 2 rings (SSSR count). The monoisotopic (exact) mass is 238 g/mol. The highest BCUT2D eigenvalue weighted by atomic mass is 16.2. The van der Waals surface area contributed by atoms with Gasteiger partial charge >= 0.3 is 0 Å². The third-order valence-corrected chi connectivity index (χ3v) is 4.41. The van der Waals surface area contributed by atoms with Crippen LogP contribution in [0.15, 0.2) is 0 Å². The number of unbranched alkanes of at least 4 members (excludes halogenated alkanes) is 1. The number of carbonyl (C=O) groups excluding carboxylic acids is 1. The highest BCUT2D eigenvalue weighted by molar-refractivity contribution is 5.85. The SMILES string of the molecule is CCCCC1NC(C)N(C(C)(C)C2CC2)C1=O. The highest BCUT2D eigenvalue weighted by Crippen LogP contribution is 2.44. The van der Waals surface area contributed by atoms with Gasteiger partial charge in [-0.05, 0) is 46.0 Å². The zero-order valence-corrected chi connectivity index (χ0v) is 11.6. The molecule has 1 aliphatic heterocycles. The molecular formula is C14H26N2O. The number of hydrogen-bond donors (Lipinski definition) is 1. The Labute approximate surface area is 105 Å². The van der Waals surface area contributed by atoms with E-state index < -0.39 is 0 Å². The van der Waals surface area contributed by atoms with Gasteiger partial charge < -0.3 is 4.90 Å². The first-order valence-corrected chi connectivity index (χ1v) is 7.07. The van der Waals surface area contributed by atoms with E-state index in [0.29, 0.717) is 11.8 Å². The fourth-order valence-corrected chi connectivity index (χ4v) is 3.18. The molecule has 1 aliphatic carbocycles. The van der Waals surface area contributed by atoms with Crippen molar-refractivity contribution < 1.29 is 4.79 Å². The highest BCUT2D eigenvalue weighted by Gasteiger charge is 2.50. The summed E-state index contributed by atoms with van der Waals surface area (Å²) in [5.41, 5.74) is 0.0322. The largest absolute Gasteiger partial charge is 0.321 e. The van der Waals surface area contributed by atoms with E-state index in [2.05, 4.69) is 37.9 Å². The van der Waals surface area contributed by atoms with Crippen LogP contribution >= 0.6 is 0 Å². The van der Waals surface area contributed by atoms with Crippen molar-refractivity contribution >= 4 is 5.91 Å². The van der Waals surface area contributed by atoms with Crippen LogP contribution in [0.5, 0.6) is 0 Å². The number of nitrogens with one attached hydrogen (secondary N) is 1. The fraction of sp³-hybridized carbons (Fsp3) is 0.929. The summed E-state index contributed by atoms with van der Waals surface area (Å²) in [4.78, 5) is 14.6. The molecule has 3 heteroatoms. The molecule has 0 aromatic carbocycles. The minimum absolute atomic E-state index is 0.0322. The summed E-state index contributed by atoms with van der Waals surface area (Å²) in [5.74, 6) is 1.03. The normalized spacial score (nSPS) is 30.1. The summed E-state index contributed by atoms with van der Waals surface area (Å²) in [5, 5.41) is 3.45. The van der Waals surface area contributed by atoms with Gasteiger partial charge in [-0.1, -0.05) is 19.8 Å². The number of hydrogen-bond acceptors (Lipinski definition) is 2. The summed E-state index contributed by atoms with van der Waals surface area (Å²) < 4.78 is 0. The van der Waals surface area contributed by atoms with Crippen LogP contribution in [-0.4, -0.2) is 28.6 Å². The summed E-state index contributed by atoms with van der Waals surface area (Å²) in [6.07, 6.45) is 6.03. The maximum atomic E-state index is 12.5. The van der Waals surface area contributed by atoms with Crippen molar-refractivity contribution in [3.8, 4) is 0 Å². The molecule has 3 nitrogen and oxygen atoms in total. The molecule has 0 radical (unpaired) electrons. The van der Waals surface area contributed by atoms with Crippen LogP contribution in [0.3, 0.4) is 0 Å². The third kappa shape index (κ3) is 2.35. The van der Waals surface area contributed by atoms with E-state index in [0.717, 1.165) is 19.3 Å². The van der Waals surface area contributed by atoms with Crippen LogP contribution in [0.2, 0.25) is 0 Å². The molecule has 2 aliphatic rings. The second-order valence-corrected chi connectivity index (χ2v) is 6.17. The van der Waals surface area contributed by atoms with Gasteiger partial charge in [-0.2, -0.15) is 0 Å². The minimum atomic E-state index is 0.0322. The molecule has 1 N–H and O–H groups in total. The lowest BCUT2D eigenvalue weighted by Gasteiger charge is -2.38. The Morgan fingerprint density at radius 2 is 2.06 bits per heavy atom. The quantitative estimate of drug-likeness (QED) is 0.798. The Kier molecular flexibility index (Phi) is 3.48. The van der Waals surface area contributed by atoms with Crippen molar-refractivity contribution in [2.75, 3.05) is 0 Å². The smallest absolute Gasteiger partial charge is 0.241 e. The molecular weight excluding hydrogens is 212 g/mol. The molecule has 0 bridgehead atoms. The Morgan fingerprint density at radius 1 is 1.41 bits per heavy atom. The van der Waals surface area contributed by atoms with Crippen LogP contribution < -0.4 is 5.32 Å². The predicted molar refractivity (Wildman–Crippen MR) is 69.6 cm³/mol. The van der Waals surface area contributed by atoms with E-state index in [1.165, 1.54) is 12.8 Å². The molecule has 0 aromatic heterocycles. The fourth-order valence-electron chi connectivity index (χ4n) is 3.18. The van der Waals surface area contributed by atoms with Crippen LogP contribution in [0, 0.1) is 5.92 Å². The van der Waals surface area contributed by atoms with Crippen molar-refractivity contribution in [2.45, 2.75) is 77.5 Å². The number of rotatable bonds is 5. The van der Waals surface area contributed by atoms with E-state index in [9.17, 15) is 4.79 Å². The first-order chi connectivity index (χ1) is 7.98. The molecule has 2 fully saturated rings. The molecule has 1 saturated carbocycles. The third-order valence-electron chi connectivity index (χ3n) is 4.41. The Morgan fingerprint density at radius 3 is 2.59 bits per heavy atom. The van der Waals surface area contributed by atoms with Crippen molar-refractivity contribution in [3.05, 3.63) is 0 Å². The second-order valence-electron chi connectivity index (χ2n) is 6.17. The van der Waals surface area contributed by atoms with E-state index in [1.54, 1.807) is 0 Å². The Hall–Kier alpha value is -0.570. The van der Waals surface area contributed by atoms with Crippen molar-refractivity contribution in [2.24, 2.45) is 5.92 Å². The average molecular weight is 238 g/mol.